The Morgan fingerprint density at radius 3 is 2.53 bits per heavy atom. The Kier molecular flexibility index (Phi) is 3.80. The number of benzene rings is 1. The fourth-order valence-electron chi connectivity index (χ4n) is 1.76. The molecule has 19 heavy (non-hydrogen) atoms. The van der Waals surface area contributed by atoms with Gasteiger partial charge in [0.2, 0.25) is 5.88 Å². The monoisotopic (exact) mass is 278 g/mol. The quantitative estimate of drug-likeness (QED) is 0.871. The Morgan fingerprint density at radius 2 is 2.00 bits per heavy atom. The molecule has 0 atom stereocenters. The van der Waals surface area contributed by atoms with Crippen molar-refractivity contribution in [2.24, 2.45) is 7.05 Å². The van der Waals surface area contributed by atoms with Crippen LogP contribution < -0.4 is 4.74 Å². The van der Waals surface area contributed by atoms with Crippen LogP contribution in [0.5, 0.6) is 11.6 Å². The molecule has 0 radical (unpaired) electrons. The molecule has 0 aliphatic heterocycles. The summed E-state index contributed by atoms with van der Waals surface area (Å²) in [5.74, 6) is -0.216. The van der Waals surface area contributed by atoms with Crippen LogP contribution in [0.15, 0.2) is 29.2 Å². The second-order valence-corrected chi connectivity index (χ2v) is 4.85. The highest BCUT2D eigenvalue weighted by Gasteiger charge is 2.21. The van der Waals surface area contributed by atoms with Crippen molar-refractivity contribution in [2.75, 3.05) is 6.26 Å². The summed E-state index contributed by atoms with van der Waals surface area (Å²) in [7, 11) is 1.66. The molecule has 5 nitrogen and oxygen atoms in total. The number of aromatic carboxylic acids is 1. The molecule has 0 spiro atoms. The van der Waals surface area contributed by atoms with Gasteiger partial charge < -0.3 is 9.84 Å². The second kappa shape index (κ2) is 5.36. The fraction of sp³-hybridized carbons (Fsp3) is 0.231. The molecule has 100 valence electrons. The van der Waals surface area contributed by atoms with Crippen LogP contribution in [0.25, 0.3) is 0 Å². The predicted octanol–water partition coefficient (Wildman–Crippen LogP) is 2.94. The van der Waals surface area contributed by atoms with Gasteiger partial charge in [-0.1, -0.05) is 0 Å². The van der Waals surface area contributed by atoms with Gasteiger partial charge in [0.25, 0.3) is 0 Å². The first-order valence-electron chi connectivity index (χ1n) is 5.61. The summed E-state index contributed by atoms with van der Waals surface area (Å²) in [6.45, 7) is 1.65. The van der Waals surface area contributed by atoms with E-state index in [0.29, 0.717) is 11.4 Å². The molecule has 0 saturated heterocycles. The maximum atomic E-state index is 11.2. The van der Waals surface area contributed by atoms with Gasteiger partial charge in [0.05, 0.1) is 5.69 Å². The third kappa shape index (κ3) is 2.73. The van der Waals surface area contributed by atoms with Gasteiger partial charge in [0.1, 0.15) is 11.3 Å². The standard InChI is InChI=1S/C13H14N2O3S/c1-8-11(13(16)17)12(15(2)14-8)18-9-4-6-10(19-3)7-5-9/h4-7H,1-3H3,(H,16,17). The number of aryl methyl sites for hydroxylation is 2. The number of carboxylic acids is 1. The van der Waals surface area contributed by atoms with E-state index in [-0.39, 0.29) is 11.4 Å². The van der Waals surface area contributed by atoms with E-state index in [1.165, 1.54) is 4.68 Å². The van der Waals surface area contributed by atoms with Crippen LogP contribution in [0.1, 0.15) is 16.1 Å². The van der Waals surface area contributed by atoms with Gasteiger partial charge in [-0.2, -0.15) is 5.10 Å². The number of hydrogen-bond donors (Lipinski definition) is 1. The van der Waals surface area contributed by atoms with E-state index in [0.717, 1.165) is 4.90 Å². The first-order valence-corrected chi connectivity index (χ1v) is 6.84. The normalized spacial score (nSPS) is 10.5. The van der Waals surface area contributed by atoms with Gasteiger partial charge in [0.15, 0.2) is 0 Å². The number of aromatic nitrogens is 2. The molecule has 1 heterocycles. The molecule has 0 bridgehead atoms. The average molecular weight is 278 g/mol. The Balaban J connectivity index is 2.34. The Bertz CT molecular complexity index is 605. The largest absolute Gasteiger partial charge is 0.477 e. The zero-order valence-corrected chi connectivity index (χ0v) is 11.7. The van der Waals surface area contributed by atoms with Crippen molar-refractivity contribution in [1.82, 2.24) is 9.78 Å². The van der Waals surface area contributed by atoms with Crippen molar-refractivity contribution < 1.29 is 14.6 Å². The number of thioether (sulfide) groups is 1. The van der Waals surface area contributed by atoms with Gasteiger partial charge in [-0.05, 0) is 37.4 Å². The van der Waals surface area contributed by atoms with E-state index in [4.69, 9.17) is 4.74 Å². The van der Waals surface area contributed by atoms with E-state index in [1.807, 2.05) is 18.4 Å². The number of rotatable bonds is 4. The molecular formula is C13H14N2O3S. The number of ether oxygens (including phenoxy) is 1. The number of carbonyl (C=O) groups is 1. The Labute approximate surface area is 115 Å². The van der Waals surface area contributed by atoms with Crippen LogP contribution in [-0.4, -0.2) is 27.1 Å². The first kappa shape index (κ1) is 13.5. The number of carboxylic acid groups (broad SMARTS) is 1. The molecule has 0 unspecified atom stereocenters. The topological polar surface area (TPSA) is 64.3 Å². The number of nitrogens with zero attached hydrogens (tertiary/aromatic N) is 2. The summed E-state index contributed by atoms with van der Waals surface area (Å²) in [6.07, 6.45) is 1.99. The van der Waals surface area contributed by atoms with Crippen LogP contribution in [0.2, 0.25) is 0 Å². The molecule has 6 heteroatoms. The summed E-state index contributed by atoms with van der Waals surface area (Å²) in [5, 5.41) is 13.3. The van der Waals surface area contributed by atoms with Crippen molar-refractivity contribution >= 4 is 17.7 Å². The maximum absolute atomic E-state index is 11.2. The van der Waals surface area contributed by atoms with Crippen LogP contribution in [0.3, 0.4) is 0 Å². The molecule has 2 rings (SSSR count). The van der Waals surface area contributed by atoms with Gasteiger partial charge in [-0.25, -0.2) is 9.48 Å². The minimum Gasteiger partial charge on any atom is -0.477 e. The molecule has 0 aliphatic carbocycles. The highest BCUT2D eigenvalue weighted by atomic mass is 32.2. The SMILES string of the molecule is CSc1ccc(Oc2c(C(=O)O)c(C)nn2C)cc1. The Hall–Kier alpha value is -1.95. The summed E-state index contributed by atoms with van der Waals surface area (Å²) >= 11 is 1.63. The molecule has 2 aromatic rings. The highest BCUT2D eigenvalue weighted by Crippen LogP contribution is 2.28. The third-order valence-corrected chi connectivity index (χ3v) is 3.40. The van der Waals surface area contributed by atoms with Crippen molar-refractivity contribution in [3.63, 3.8) is 0 Å². The summed E-state index contributed by atoms with van der Waals surface area (Å²) in [6, 6.07) is 7.45. The summed E-state index contributed by atoms with van der Waals surface area (Å²) < 4.78 is 7.06. The van der Waals surface area contributed by atoms with E-state index in [9.17, 15) is 9.90 Å². The lowest BCUT2D eigenvalue weighted by atomic mass is 10.2. The van der Waals surface area contributed by atoms with Crippen molar-refractivity contribution in [3.8, 4) is 11.6 Å². The Morgan fingerprint density at radius 1 is 1.37 bits per heavy atom. The van der Waals surface area contributed by atoms with Gasteiger partial charge >= 0.3 is 5.97 Å². The maximum Gasteiger partial charge on any atom is 0.343 e. The second-order valence-electron chi connectivity index (χ2n) is 3.97. The molecule has 0 fully saturated rings. The molecule has 1 aromatic heterocycles. The van der Waals surface area contributed by atoms with Gasteiger partial charge in [-0.15, -0.1) is 11.8 Å². The van der Waals surface area contributed by atoms with Crippen LogP contribution in [-0.2, 0) is 7.05 Å². The van der Waals surface area contributed by atoms with Crippen LogP contribution in [0.4, 0.5) is 0 Å². The fourth-order valence-corrected chi connectivity index (χ4v) is 2.16. The van der Waals surface area contributed by atoms with E-state index >= 15 is 0 Å². The molecule has 1 aromatic carbocycles. The van der Waals surface area contributed by atoms with E-state index in [1.54, 1.807) is 37.9 Å². The first-order chi connectivity index (χ1) is 9.02. The summed E-state index contributed by atoms with van der Waals surface area (Å²) in [5.41, 5.74) is 0.530. The predicted molar refractivity (Wildman–Crippen MR) is 73.2 cm³/mol. The minimum atomic E-state index is -1.04. The smallest absolute Gasteiger partial charge is 0.343 e. The van der Waals surface area contributed by atoms with Gasteiger partial charge in [-0.3, -0.25) is 0 Å². The minimum absolute atomic E-state index is 0.0939. The molecule has 0 amide bonds. The molecule has 0 aliphatic rings. The van der Waals surface area contributed by atoms with E-state index < -0.39 is 5.97 Å². The van der Waals surface area contributed by atoms with Crippen LogP contribution in [0, 0.1) is 6.92 Å². The zero-order chi connectivity index (χ0) is 14.0. The average Bonchev–Trinajstić information content (AvgIpc) is 2.65. The lowest BCUT2D eigenvalue weighted by Crippen LogP contribution is -2.01. The molecule has 1 N–H and O–H groups in total. The van der Waals surface area contributed by atoms with E-state index in [2.05, 4.69) is 5.10 Å². The van der Waals surface area contributed by atoms with Crippen molar-refractivity contribution in [1.29, 1.82) is 0 Å². The van der Waals surface area contributed by atoms with Crippen molar-refractivity contribution in [2.45, 2.75) is 11.8 Å². The lowest BCUT2D eigenvalue weighted by Gasteiger charge is -2.07. The lowest BCUT2D eigenvalue weighted by molar-refractivity contribution is 0.0693. The summed E-state index contributed by atoms with van der Waals surface area (Å²) in [4.78, 5) is 12.3. The van der Waals surface area contributed by atoms with Crippen molar-refractivity contribution in [3.05, 3.63) is 35.5 Å². The van der Waals surface area contributed by atoms with Crippen LogP contribution >= 0.6 is 11.8 Å². The molecular weight excluding hydrogens is 264 g/mol. The zero-order valence-electron chi connectivity index (χ0n) is 10.9. The molecule has 0 saturated carbocycles. The third-order valence-electron chi connectivity index (χ3n) is 2.66. The highest BCUT2D eigenvalue weighted by molar-refractivity contribution is 7.98. The number of hydrogen-bond acceptors (Lipinski definition) is 4. The van der Waals surface area contributed by atoms with Gasteiger partial charge in [0, 0.05) is 11.9 Å².